The first-order valence-electron chi connectivity index (χ1n) is 7.54. The summed E-state index contributed by atoms with van der Waals surface area (Å²) in [7, 11) is 0. The van der Waals surface area contributed by atoms with Crippen molar-refractivity contribution in [2.24, 2.45) is 0 Å². The maximum atomic E-state index is 12.0. The molecule has 9 heteroatoms. The summed E-state index contributed by atoms with van der Waals surface area (Å²) in [6, 6.07) is 15.3. The molecule has 0 aliphatic rings. The van der Waals surface area contributed by atoms with Crippen molar-refractivity contribution in [2.45, 2.75) is 5.16 Å². The average molecular weight is 367 g/mol. The standard InChI is InChI=1S/C17H13N5O3S/c23-16(19-13-7-4-8-14(9-13)22(24)25)11-26-17-18-10-15(20-21-17)12-5-2-1-3-6-12/h1-10H,11H2,(H,19,23). The number of anilines is 1. The summed E-state index contributed by atoms with van der Waals surface area (Å²) in [4.78, 5) is 26.4. The molecule has 1 N–H and O–H groups in total. The van der Waals surface area contributed by atoms with Gasteiger partial charge in [-0.15, -0.1) is 10.2 Å². The molecule has 0 aliphatic heterocycles. The Labute approximate surface area is 152 Å². The van der Waals surface area contributed by atoms with E-state index < -0.39 is 4.92 Å². The number of carbonyl (C=O) groups is 1. The van der Waals surface area contributed by atoms with Crippen molar-refractivity contribution < 1.29 is 9.72 Å². The highest BCUT2D eigenvalue weighted by Gasteiger charge is 2.10. The number of non-ortho nitro benzene ring substituents is 1. The molecule has 0 bridgehead atoms. The first-order valence-corrected chi connectivity index (χ1v) is 8.52. The van der Waals surface area contributed by atoms with Crippen LogP contribution in [0.25, 0.3) is 11.3 Å². The van der Waals surface area contributed by atoms with Gasteiger partial charge in [0.05, 0.1) is 16.9 Å². The summed E-state index contributed by atoms with van der Waals surface area (Å²) in [6.45, 7) is 0. The second-order valence-electron chi connectivity index (χ2n) is 5.14. The molecule has 3 rings (SSSR count). The fraction of sp³-hybridized carbons (Fsp3) is 0.0588. The molecule has 0 radical (unpaired) electrons. The lowest BCUT2D eigenvalue weighted by molar-refractivity contribution is -0.384. The van der Waals surface area contributed by atoms with Crippen molar-refractivity contribution in [3.63, 3.8) is 0 Å². The smallest absolute Gasteiger partial charge is 0.271 e. The Balaban J connectivity index is 1.56. The second kappa shape index (κ2) is 8.17. The Morgan fingerprint density at radius 2 is 1.92 bits per heavy atom. The zero-order valence-electron chi connectivity index (χ0n) is 13.4. The lowest BCUT2D eigenvalue weighted by Crippen LogP contribution is -2.14. The summed E-state index contributed by atoms with van der Waals surface area (Å²) in [6.07, 6.45) is 1.60. The Bertz CT molecular complexity index is 919. The molecule has 0 saturated carbocycles. The van der Waals surface area contributed by atoms with Gasteiger partial charge in [0.2, 0.25) is 11.1 Å². The molecule has 1 amide bonds. The highest BCUT2D eigenvalue weighted by atomic mass is 32.2. The zero-order chi connectivity index (χ0) is 18.4. The van der Waals surface area contributed by atoms with Gasteiger partial charge in [-0.1, -0.05) is 48.2 Å². The maximum Gasteiger partial charge on any atom is 0.271 e. The van der Waals surface area contributed by atoms with E-state index in [4.69, 9.17) is 0 Å². The van der Waals surface area contributed by atoms with Crippen LogP contribution in [0.5, 0.6) is 0 Å². The van der Waals surface area contributed by atoms with Gasteiger partial charge in [-0.25, -0.2) is 4.98 Å². The van der Waals surface area contributed by atoms with Crippen molar-refractivity contribution >= 4 is 29.0 Å². The van der Waals surface area contributed by atoms with Crippen LogP contribution in [0.2, 0.25) is 0 Å². The second-order valence-corrected chi connectivity index (χ2v) is 6.08. The fourth-order valence-corrected chi connectivity index (χ4v) is 2.65. The van der Waals surface area contributed by atoms with Crippen LogP contribution in [-0.4, -0.2) is 31.8 Å². The van der Waals surface area contributed by atoms with E-state index in [1.54, 1.807) is 12.3 Å². The summed E-state index contributed by atoms with van der Waals surface area (Å²) in [5, 5.41) is 21.8. The minimum Gasteiger partial charge on any atom is -0.325 e. The Hall–Kier alpha value is -3.33. The minimum absolute atomic E-state index is 0.0645. The van der Waals surface area contributed by atoms with Crippen LogP contribution in [0.15, 0.2) is 66.0 Å². The topological polar surface area (TPSA) is 111 Å². The third kappa shape index (κ3) is 4.61. The molecule has 1 heterocycles. The number of thioether (sulfide) groups is 1. The Morgan fingerprint density at radius 1 is 1.12 bits per heavy atom. The Kier molecular flexibility index (Phi) is 5.49. The van der Waals surface area contributed by atoms with Crippen LogP contribution >= 0.6 is 11.8 Å². The van der Waals surface area contributed by atoms with Crippen molar-refractivity contribution in [1.29, 1.82) is 0 Å². The maximum absolute atomic E-state index is 12.0. The lowest BCUT2D eigenvalue weighted by atomic mass is 10.2. The van der Waals surface area contributed by atoms with Gasteiger partial charge in [0.25, 0.3) is 5.69 Å². The molecular formula is C17H13N5O3S. The largest absolute Gasteiger partial charge is 0.325 e. The molecule has 0 fully saturated rings. The number of aromatic nitrogens is 3. The number of nitro groups is 1. The summed E-state index contributed by atoms with van der Waals surface area (Å²) < 4.78 is 0. The fourth-order valence-electron chi connectivity index (χ4n) is 2.10. The van der Waals surface area contributed by atoms with Crippen LogP contribution in [0, 0.1) is 10.1 Å². The number of benzene rings is 2. The van der Waals surface area contributed by atoms with Crippen molar-refractivity contribution in [1.82, 2.24) is 15.2 Å². The predicted molar refractivity (Wildman–Crippen MR) is 97.7 cm³/mol. The molecular weight excluding hydrogens is 354 g/mol. The molecule has 2 aromatic carbocycles. The van der Waals surface area contributed by atoms with Gasteiger partial charge in [-0.3, -0.25) is 14.9 Å². The van der Waals surface area contributed by atoms with E-state index in [9.17, 15) is 14.9 Å². The van der Waals surface area contributed by atoms with Gasteiger partial charge in [-0.05, 0) is 6.07 Å². The molecule has 1 aromatic heterocycles. The van der Waals surface area contributed by atoms with Crippen molar-refractivity contribution in [3.05, 3.63) is 70.9 Å². The van der Waals surface area contributed by atoms with E-state index in [0.717, 1.165) is 17.3 Å². The highest BCUT2D eigenvalue weighted by Crippen LogP contribution is 2.19. The summed E-state index contributed by atoms with van der Waals surface area (Å²) >= 11 is 1.13. The van der Waals surface area contributed by atoms with E-state index in [-0.39, 0.29) is 17.3 Å². The van der Waals surface area contributed by atoms with Crippen molar-refractivity contribution in [3.8, 4) is 11.3 Å². The minimum atomic E-state index is -0.516. The van der Waals surface area contributed by atoms with Gasteiger partial charge in [0.15, 0.2) is 0 Å². The number of nitrogens with one attached hydrogen (secondary N) is 1. The molecule has 0 atom stereocenters. The third-order valence-electron chi connectivity index (χ3n) is 3.28. The van der Waals surface area contributed by atoms with Crippen LogP contribution in [-0.2, 0) is 4.79 Å². The number of hydrogen-bond acceptors (Lipinski definition) is 7. The van der Waals surface area contributed by atoms with E-state index in [1.807, 2.05) is 30.3 Å². The number of amides is 1. The quantitative estimate of drug-likeness (QED) is 0.404. The Morgan fingerprint density at radius 3 is 2.62 bits per heavy atom. The van der Waals surface area contributed by atoms with Gasteiger partial charge in [0, 0.05) is 23.4 Å². The number of nitrogens with zero attached hydrogens (tertiary/aromatic N) is 4. The van der Waals surface area contributed by atoms with Gasteiger partial charge in [0.1, 0.15) is 5.69 Å². The first kappa shape index (κ1) is 17.5. The highest BCUT2D eigenvalue weighted by molar-refractivity contribution is 7.99. The SMILES string of the molecule is O=C(CSc1ncc(-c2ccccc2)nn1)Nc1cccc([N+](=O)[O-])c1. The predicted octanol–water partition coefficient (Wildman–Crippen LogP) is 3.18. The molecule has 0 aliphatic carbocycles. The number of carbonyl (C=O) groups excluding carboxylic acids is 1. The summed E-state index contributed by atoms with van der Waals surface area (Å²) in [5.74, 6) is -0.249. The number of rotatable bonds is 6. The van der Waals surface area contributed by atoms with E-state index in [1.165, 1.54) is 18.2 Å². The molecule has 0 saturated heterocycles. The van der Waals surface area contributed by atoms with Crippen LogP contribution in [0.3, 0.4) is 0 Å². The van der Waals surface area contributed by atoms with E-state index >= 15 is 0 Å². The first-order chi connectivity index (χ1) is 12.6. The van der Waals surface area contributed by atoms with E-state index in [0.29, 0.717) is 16.5 Å². The molecule has 3 aromatic rings. The van der Waals surface area contributed by atoms with Crippen LogP contribution < -0.4 is 5.32 Å². The molecule has 8 nitrogen and oxygen atoms in total. The molecule has 130 valence electrons. The van der Waals surface area contributed by atoms with Crippen LogP contribution in [0.1, 0.15) is 0 Å². The summed E-state index contributed by atoms with van der Waals surface area (Å²) in [5.41, 5.74) is 1.84. The zero-order valence-corrected chi connectivity index (χ0v) is 14.2. The number of nitro benzene ring substituents is 1. The lowest BCUT2D eigenvalue weighted by Gasteiger charge is -2.04. The van der Waals surface area contributed by atoms with Crippen LogP contribution in [0.4, 0.5) is 11.4 Å². The van der Waals surface area contributed by atoms with Gasteiger partial charge >= 0.3 is 0 Å². The number of hydrogen-bond donors (Lipinski definition) is 1. The molecule has 26 heavy (non-hydrogen) atoms. The third-order valence-corrected chi connectivity index (χ3v) is 4.13. The van der Waals surface area contributed by atoms with Crippen molar-refractivity contribution in [2.75, 3.05) is 11.1 Å². The average Bonchev–Trinajstić information content (AvgIpc) is 2.68. The monoisotopic (exact) mass is 367 g/mol. The normalized spacial score (nSPS) is 10.3. The molecule has 0 unspecified atom stereocenters. The van der Waals surface area contributed by atoms with Gasteiger partial charge < -0.3 is 5.32 Å². The van der Waals surface area contributed by atoms with E-state index in [2.05, 4.69) is 20.5 Å². The van der Waals surface area contributed by atoms with Gasteiger partial charge in [-0.2, -0.15) is 0 Å². The molecule has 0 spiro atoms.